The van der Waals surface area contributed by atoms with E-state index in [2.05, 4.69) is 22.3 Å². The van der Waals surface area contributed by atoms with Gasteiger partial charge in [0, 0.05) is 18.1 Å². The second-order valence-corrected chi connectivity index (χ2v) is 5.26. The summed E-state index contributed by atoms with van der Waals surface area (Å²) in [4.78, 5) is 15.1. The molecule has 2 aromatic rings. The Hall–Kier alpha value is -2.04. The van der Waals surface area contributed by atoms with Crippen molar-refractivity contribution in [2.75, 3.05) is 5.32 Å². The van der Waals surface area contributed by atoms with Gasteiger partial charge in [-0.25, -0.2) is 0 Å². The molecule has 1 amide bonds. The number of carbonyl (C=O) groups is 1. The first kappa shape index (κ1) is 12.0. The van der Waals surface area contributed by atoms with Crippen LogP contribution in [-0.4, -0.2) is 20.7 Å². The van der Waals surface area contributed by atoms with Crippen LogP contribution in [0.1, 0.15) is 41.9 Å². The van der Waals surface area contributed by atoms with Gasteiger partial charge in [-0.05, 0) is 38.7 Å². The van der Waals surface area contributed by atoms with Gasteiger partial charge in [-0.15, -0.1) is 0 Å². The van der Waals surface area contributed by atoms with E-state index in [9.17, 15) is 4.79 Å². The molecule has 19 heavy (non-hydrogen) atoms. The van der Waals surface area contributed by atoms with Crippen molar-refractivity contribution in [3.63, 3.8) is 0 Å². The van der Waals surface area contributed by atoms with E-state index in [1.165, 1.54) is 12.8 Å². The number of nitrogens with one attached hydrogen (secondary N) is 2. The van der Waals surface area contributed by atoms with Gasteiger partial charge in [0.2, 0.25) is 0 Å². The summed E-state index contributed by atoms with van der Waals surface area (Å²) in [5.41, 5.74) is 2.29. The SMILES string of the molecule is Cc1[nH]ccc1C(=O)Nc1cnn(C(C)C2CC2)c1. The number of aromatic nitrogens is 3. The van der Waals surface area contributed by atoms with E-state index in [1.54, 1.807) is 18.5 Å². The van der Waals surface area contributed by atoms with Crippen LogP contribution in [0.25, 0.3) is 0 Å². The molecular weight excluding hydrogens is 240 g/mol. The molecule has 5 heteroatoms. The van der Waals surface area contributed by atoms with Gasteiger partial charge < -0.3 is 10.3 Å². The predicted molar refractivity (Wildman–Crippen MR) is 73.1 cm³/mol. The molecular formula is C14H18N4O. The number of H-pyrrole nitrogens is 1. The van der Waals surface area contributed by atoms with Gasteiger partial charge in [-0.3, -0.25) is 9.48 Å². The lowest BCUT2D eigenvalue weighted by molar-refractivity contribution is 0.102. The monoisotopic (exact) mass is 258 g/mol. The molecule has 0 aliphatic heterocycles. The maximum atomic E-state index is 12.1. The van der Waals surface area contributed by atoms with E-state index in [0.717, 1.165) is 17.3 Å². The molecule has 0 bridgehead atoms. The van der Waals surface area contributed by atoms with Gasteiger partial charge in [0.25, 0.3) is 5.91 Å². The highest BCUT2D eigenvalue weighted by molar-refractivity contribution is 6.04. The fraction of sp³-hybridized carbons (Fsp3) is 0.429. The van der Waals surface area contributed by atoms with E-state index < -0.39 is 0 Å². The molecule has 0 aromatic carbocycles. The topological polar surface area (TPSA) is 62.7 Å². The highest BCUT2D eigenvalue weighted by atomic mass is 16.1. The van der Waals surface area contributed by atoms with Crippen molar-refractivity contribution in [3.05, 3.63) is 35.9 Å². The summed E-state index contributed by atoms with van der Waals surface area (Å²) in [6, 6.07) is 2.20. The maximum Gasteiger partial charge on any atom is 0.257 e. The molecule has 1 fully saturated rings. The zero-order valence-electron chi connectivity index (χ0n) is 11.2. The van der Waals surface area contributed by atoms with Crippen LogP contribution in [0.4, 0.5) is 5.69 Å². The number of carbonyl (C=O) groups excluding carboxylic acids is 1. The average Bonchev–Trinajstić information content (AvgIpc) is 2.99. The number of hydrogen-bond donors (Lipinski definition) is 2. The van der Waals surface area contributed by atoms with Crippen molar-refractivity contribution in [2.24, 2.45) is 5.92 Å². The maximum absolute atomic E-state index is 12.1. The Kier molecular flexibility index (Phi) is 2.89. The van der Waals surface area contributed by atoms with E-state index in [0.29, 0.717) is 11.6 Å². The van der Waals surface area contributed by atoms with Gasteiger partial charge in [0.15, 0.2) is 0 Å². The Labute approximate surface area is 112 Å². The predicted octanol–water partition coefficient (Wildman–Crippen LogP) is 2.74. The zero-order valence-corrected chi connectivity index (χ0v) is 11.2. The Bertz CT molecular complexity index is 594. The van der Waals surface area contributed by atoms with Crippen molar-refractivity contribution in [3.8, 4) is 0 Å². The van der Waals surface area contributed by atoms with Gasteiger partial charge in [0.05, 0.1) is 23.5 Å². The molecule has 2 heterocycles. The highest BCUT2D eigenvalue weighted by Gasteiger charge is 2.29. The fourth-order valence-corrected chi connectivity index (χ4v) is 2.32. The molecule has 5 nitrogen and oxygen atoms in total. The van der Waals surface area contributed by atoms with Gasteiger partial charge in [-0.2, -0.15) is 5.10 Å². The summed E-state index contributed by atoms with van der Waals surface area (Å²) in [5.74, 6) is 0.646. The Morgan fingerprint density at radius 2 is 2.37 bits per heavy atom. The lowest BCUT2D eigenvalue weighted by Crippen LogP contribution is -2.12. The van der Waals surface area contributed by atoms with Gasteiger partial charge in [0.1, 0.15) is 0 Å². The molecule has 0 radical (unpaired) electrons. The fourth-order valence-electron chi connectivity index (χ4n) is 2.32. The van der Waals surface area contributed by atoms with Crippen molar-refractivity contribution in [2.45, 2.75) is 32.7 Å². The Morgan fingerprint density at radius 3 is 3.00 bits per heavy atom. The first-order chi connectivity index (χ1) is 9.15. The van der Waals surface area contributed by atoms with E-state index >= 15 is 0 Å². The summed E-state index contributed by atoms with van der Waals surface area (Å²) in [6.07, 6.45) is 7.95. The van der Waals surface area contributed by atoms with Crippen LogP contribution in [0, 0.1) is 12.8 Å². The normalized spacial score (nSPS) is 16.3. The quantitative estimate of drug-likeness (QED) is 0.885. The zero-order chi connectivity index (χ0) is 13.4. The summed E-state index contributed by atoms with van der Waals surface area (Å²) in [6.45, 7) is 4.06. The lowest BCUT2D eigenvalue weighted by atomic mass is 10.2. The van der Waals surface area contributed by atoms with Gasteiger partial charge in [-0.1, -0.05) is 0 Å². The summed E-state index contributed by atoms with van der Waals surface area (Å²) in [7, 11) is 0. The first-order valence-electron chi connectivity index (χ1n) is 6.64. The number of hydrogen-bond acceptors (Lipinski definition) is 2. The van der Waals surface area contributed by atoms with Crippen LogP contribution in [0.2, 0.25) is 0 Å². The second-order valence-electron chi connectivity index (χ2n) is 5.26. The third kappa shape index (κ3) is 2.41. The van der Waals surface area contributed by atoms with Gasteiger partial charge >= 0.3 is 0 Å². The average molecular weight is 258 g/mol. The number of aryl methyl sites for hydroxylation is 1. The number of amides is 1. The van der Waals surface area contributed by atoms with E-state index in [4.69, 9.17) is 0 Å². The number of anilines is 1. The van der Waals surface area contributed by atoms with Crippen LogP contribution < -0.4 is 5.32 Å². The van der Waals surface area contributed by atoms with Crippen molar-refractivity contribution in [1.29, 1.82) is 0 Å². The molecule has 1 atom stereocenters. The minimum Gasteiger partial charge on any atom is -0.365 e. The molecule has 2 N–H and O–H groups in total. The number of aromatic amines is 1. The van der Waals surface area contributed by atoms with E-state index in [1.807, 2.05) is 17.8 Å². The molecule has 1 unspecified atom stereocenters. The summed E-state index contributed by atoms with van der Waals surface area (Å²) >= 11 is 0. The number of rotatable bonds is 4. The first-order valence-corrected chi connectivity index (χ1v) is 6.64. The van der Waals surface area contributed by atoms with Crippen LogP contribution in [-0.2, 0) is 0 Å². The third-order valence-corrected chi connectivity index (χ3v) is 3.78. The highest BCUT2D eigenvalue weighted by Crippen LogP contribution is 2.39. The standard InChI is InChI=1S/C14H18N4O/c1-9-13(5-6-15-9)14(19)17-12-7-16-18(8-12)10(2)11-3-4-11/h5-8,10-11,15H,3-4H2,1-2H3,(H,17,19). The smallest absolute Gasteiger partial charge is 0.257 e. The number of nitrogens with zero attached hydrogens (tertiary/aromatic N) is 2. The van der Waals surface area contributed by atoms with Crippen molar-refractivity contribution >= 4 is 11.6 Å². The molecule has 1 saturated carbocycles. The molecule has 0 saturated heterocycles. The molecule has 100 valence electrons. The lowest BCUT2D eigenvalue weighted by Gasteiger charge is -2.09. The minimum atomic E-state index is -0.0997. The third-order valence-electron chi connectivity index (χ3n) is 3.78. The molecule has 2 aromatic heterocycles. The Morgan fingerprint density at radius 1 is 1.58 bits per heavy atom. The Balaban J connectivity index is 1.70. The molecule has 3 rings (SSSR count). The molecule has 1 aliphatic carbocycles. The van der Waals surface area contributed by atoms with Crippen molar-refractivity contribution in [1.82, 2.24) is 14.8 Å². The largest absolute Gasteiger partial charge is 0.365 e. The second kappa shape index (κ2) is 4.57. The molecule has 1 aliphatic rings. The minimum absolute atomic E-state index is 0.0997. The van der Waals surface area contributed by atoms with Crippen LogP contribution in [0.5, 0.6) is 0 Å². The van der Waals surface area contributed by atoms with Crippen LogP contribution in [0.15, 0.2) is 24.7 Å². The van der Waals surface area contributed by atoms with Crippen LogP contribution >= 0.6 is 0 Å². The summed E-state index contributed by atoms with van der Waals surface area (Å²) in [5, 5.41) is 7.21. The van der Waals surface area contributed by atoms with E-state index in [-0.39, 0.29) is 5.91 Å². The molecule has 0 spiro atoms. The van der Waals surface area contributed by atoms with Crippen LogP contribution in [0.3, 0.4) is 0 Å². The summed E-state index contributed by atoms with van der Waals surface area (Å²) < 4.78 is 1.94. The van der Waals surface area contributed by atoms with Crippen molar-refractivity contribution < 1.29 is 4.79 Å².